The van der Waals surface area contributed by atoms with Crippen LogP contribution in [0.5, 0.6) is 0 Å². The molecular weight excluding hydrogens is 351 g/mol. The molecule has 1 amide bonds. The van der Waals surface area contributed by atoms with Crippen LogP contribution < -0.4 is 11.1 Å². The van der Waals surface area contributed by atoms with Crippen molar-refractivity contribution in [1.29, 1.82) is 0 Å². The predicted octanol–water partition coefficient (Wildman–Crippen LogP) is 3.38. The van der Waals surface area contributed by atoms with Gasteiger partial charge in [0, 0.05) is 16.0 Å². The summed E-state index contributed by atoms with van der Waals surface area (Å²) in [4.78, 5) is 12.3. The van der Waals surface area contributed by atoms with Gasteiger partial charge in [0.05, 0.1) is 11.1 Å². The van der Waals surface area contributed by atoms with Gasteiger partial charge in [-0.2, -0.15) is 0 Å². The highest BCUT2D eigenvalue weighted by Crippen LogP contribution is 2.39. The number of carbonyl (C=O) groups excluding carboxylic acids is 1. The largest absolute Gasteiger partial charge is 0.345 e. The number of nitrogens with one attached hydrogen (secondary N) is 1. The molecule has 6 heteroatoms. The van der Waals surface area contributed by atoms with Crippen molar-refractivity contribution in [3.05, 3.63) is 33.3 Å². The molecule has 0 bridgehead atoms. The van der Waals surface area contributed by atoms with Crippen molar-refractivity contribution in [1.82, 2.24) is 5.32 Å². The fourth-order valence-corrected chi connectivity index (χ4v) is 2.64. The molecule has 3 nitrogen and oxygen atoms in total. The lowest BCUT2D eigenvalue weighted by atomic mass is 9.95. The first kappa shape index (κ1) is 16.8. The molecule has 0 radical (unpaired) electrons. The minimum atomic E-state index is -0.321. The molecule has 1 saturated carbocycles. The second-order valence-electron chi connectivity index (χ2n) is 4.97. The normalized spacial score (nSPS) is 17.3. The van der Waals surface area contributed by atoms with Crippen LogP contribution in [-0.4, -0.2) is 18.0 Å². The van der Waals surface area contributed by atoms with E-state index in [4.69, 9.17) is 17.3 Å². The highest BCUT2D eigenvalue weighted by atomic mass is 79.9. The van der Waals surface area contributed by atoms with Crippen LogP contribution in [0.3, 0.4) is 0 Å². The summed E-state index contributed by atoms with van der Waals surface area (Å²) >= 11 is 9.28. The summed E-state index contributed by atoms with van der Waals surface area (Å²) in [7, 11) is 0. The van der Waals surface area contributed by atoms with Crippen molar-refractivity contribution < 1.29 is 4.79 Å². The van der Waals surface area contributed by atoms with E-state index in [1.165, 1.54) is 0 Å². The van der Waals surface area contributed by atoms with Crippen LogP contribution in [0.1, 0.15) is 30.1 Å². The van der Waals surface area contributed by atoms with Gasteiger partial charge in [-0.25, -0.2) is 0 Å². The fraction of sp³-hybridized carbons (Fsp3) is 0.462. The van der Waals surface area contributed by atoms with Crippen molar-refractivity contribution >= 4 is 45.8 Å². The van der Waals surface area contributed by atoms with Crippen LogP contribution in [-0.2, 0) is 0 Å². The van der Waals surface area contributed by atoms with Crippen LogP contribution in [0.25, 0.3) is 0 Å². The zero-order valence-corrected chi connectivity index (χ0v) is 13.7. The van der Waals surface area contributed by atoms with E-state index >= 15 is 0 Å². The maximum Gasteiger partial charge on any atom is 0.252 e. The van der Waals surface area contributed by atoms with Crippen molar-refractivity contribution in [2.45, 2.75) is 25.3 Å². The molecule has 1 unspecified atom stereocenters. The number of rotatable bonds is 4. The van der Waals surface area contributed by atoms with Crippen LogP contribution in [0.4, 0.5) is 0 Å². The molecule has 1 aliphatic rings. The highest BCUT2D eigenvalue weighted by Gasteiger charge is 2.41. The third-order valence-electron chi connectivity index (χ3n) is 3.47. The zero-order valence-electron chi connectivity index (χ0n) is 10.6. The van der Waals surface area contributed by atoms with E-state index in [1.54, 1.807) is 18.2 Å². The van der Waals surface area contributed by atoms with Crippen LogP contribution in [0.15, 0.2) is 22.7 Å². The van der Waals surface area contributed by atoms with E-state index in [0.29, 0.717) is 23.0 Å². The molecule has 1 aromatic rings. The SMILES string of the molecule is CC(CN)(NC(=O)c1cc(Cl)ccc1Br)C1CC1.Cl. The van der Waals surface area contributed by atoms with Crippen LogP contribution in [0, 0.1) is 5.92 Å². The summed E-state index contributed by atoms with van der Waals surface area (Å²) < 4.78 is 0.736. The molecule has 0 spiro atoms. The van der Waals surface area contributed by atoms with Crippen LogP contribution >= 0.6 is 39.9 Å². The van der Waals surface area contributed by atoms with Gasteiger partial charge in [0.25, 0.3) is 5.91 Å². The number of hydrogen-bond acceptors (Lipinski definition) is 2. The standard InChI is InChI=1S/C13H16BrClN2O.ClH/c1-13(7-16,8-2-3-8)17-12(18)10-6-9(15)4-5-11(10)14;/h4-6,8H,2-3,7,16H2,1H3,(H,17,18);1H. The number of carbonyl (C=O) groups is 1. The first-order valence-electron chi connectivity index (χ1n) is 5.94. The molecule has 1 aliphatic carbocycles. The first-order chi connectivity index (χ1) is 8.46. The lowest BCUT2D eigenvalue weighted by Gasteiger charge is -2.29. The fourth-order valence-electron chi connectivity index (χ4n) is 2.04. The van der Waals surface area contributed by atoms with E-state index in [9.17, 15) is 4.79 Å². The van der Waals surface area contributed by atoms with E-state index in [1.807, 2.05) is 6.92 Å². The molecule has 2 rings (SSSR count). The van der Waals surface area contributed by atoms with Gasteiger partial charge < -0.3 is 11.1 Å². The molecule has 0 aliphatic heterocycles. The van der Waals surface area contributed by atoms with Gasteiger partial charge in [-0.3, -0.25) is 4.79 Å². The summed E-state index contributed by atoms with van der Waals surface area (Å²) in [6.45, 7) is 2.45. The third-order valence-corrected chi connectivity index (χ3v) is 4.40. The van der Waals surface area contributed by atoms with E-state index in [0.717, 1.165) is 17.3 Å². The van der Waals surface area contributed by atoms with Crippen molar-refractivity contribution in [2.75, 3.05) is 6.54 Å². The summed E-state index contributed by atoms with van der Waals surface area (Å²) in [6.07, 6.45) is 2.26. The van der Waals surface area contributed by atoms with Gasteiger partial charge in [-0.15, -0.1) is 12.4 Å². The molecular formula is C13H17BrCl2N2O. The molecule has 0 aromatic heterocycles. The highest BCUT2D eigenvalue weighted by molar-refractivity contribution is 9.10. The summed E-state index contributed by atoms with van der Waals surface area (Å²) in [6, 6.07) is 5.17. The topological polar surface area (TPSA) is 55.1 Å². The van der Waals surface area contributed by atoms with Crippen molar-refractivity contribution in [2.24, 2.45) is 11.7 Å². The Morgan fingerprint density at radius 3 is 2.74 bits per heavy atom. The van der Waals surface area contributed by atoms with Gasteiger partial charge in [-0.05, 0) is 59.8 Å². The van der Waals surface area contributed by atoms with E-state index < -0.39 is 0 Å². The Hall–Kier alpha value is -0.290. The maximum atomic E-state index is 12.3. The Morgan fingerprint density at radius 2 is 2.21 bits per heavy atom. The Labute approximate surface area is 132 Å². The molecule has 19 heavy (non-hydrogen) atoms. The Kier molecular flexibility index (Phi) is 5.68. The minimum Gasteiger partial charge on any atom is -0.345 e. The average molecular weight is 368 g/mol. The molecule has 1 atom stereocenters. The van der Waals surface area contributed by atoms with E-state index in [-0.39, 0.29) is 23.9 Å². The van der Waals surface area contributed by atoms with Gasteiger partial charge in [-0.1, -0.05) is 11.6 Å². The zero-order chi connectivity index (χ0) is 13.3. The van der Waals surface area contributed by atoms with Crippen molar-refractivity contribution in [3.63, 3.8) is 0 Å². The second-order valence-corrected chi connectivity index (χ2v) is 6.26. The summed E-state index contributed by atoms with van der Waals surface area (Å²) in [5.41, 5.74) is 6.01. The number of amides is 1. The first-order valence-corrected chi connectivity index (χ1v) is 7.11. The number of hydrogen-bond donors (Lipinski definition) is 2. The molecule has 106 valence electrons. The van der Waals surface area contributed by atoms with Gasteiger partial charge in [0.15, 0.2) is 0 Å². The third kappa shape index (κ3) is 3.85. The van der Waals surface area contributed by atoms with Crippen molar-refractivity contribution in [3.8, 4) is 0 Å². The predicted molar refractivity (Wildman–Crippen MR) is 84.0 cm³/mol. The Balaban J connectivity index is 0.00000180. The molecule has 0 heterocycles. The lowest BCUT2D eigenvalue weighted by Crippen LogP contribution is -2.53. The number of benzene rings is 1. The number of nitrogens with two attached hydrogens (primary N) is 1. The summed E-state index contributed by atoms with van der Waals surface area (Å²) in [5, 5.41) is 3.58. The Bertz CT molecular complexity index is 480. The molecule has 1 fully saturated rings. The maximum absolute atomic E-state index is 12.3. The quantitative estimate of drug-likeness (QED) is 0.856. The molecule has 0 saturated heterocycles. The van der Waals surface area contributed by atoms with Crippen LogP contribution in [0.2, 0.25) is 5.02 Å². The molecule has 3 N–H and O–H groups in total. The monoisotopic (exact) mass is 366 g/mol. The average Bonchev–Trinajstić information content (AvgIpc) is 3.16. The van der Waals surface area contributed by atoms with Gasteiger partial charge in [0.1, 0.15) is 0 Å². The minimum absolute atomic E-state index is 0. The lowest BCUT2D eigenvalue weighted by molar-refractivity contribution is 0.0897. The molecule has 1 aromatic carbocycles. The second kappa shape index (κ2) is 6.44. The van der Waals surface area contributed by atoms with Gasteiger partial charge in [0.2, 0.25) is 0 Å². The summed E-state index contributed by atoms with van der Waals surface area (Å²) in [5.74, 6) is 0.355. The van der Waals surface area contributed by atoms with E-state index in [2.05, 4.69) is 21.2 Å². The van der Waals surface area contributed by atoms with Gasteiger partial charge >= 0.3 is 0 Å². The Morgan fingerprint density at radius 1 is 1.58 bits per heavy atom. The smallest absolute Gasteiger partial charge is 0.252 e. The number of halogens is 3.